The molecule has 2 fully saturated rings. The van der Waals surface area contributed by atoms with Crippen molar-refractivity contribution in [1.29, 1.82) is 0 Å². The molecule has 0 radical (unpaired) electrons. The molecule has 0 unspecified atom stereocenters. The number of aliphatic imine (C=N–C) groups is 1. The van der Waals surface area contributed by atoms with Crippen LogP contribution < -0.4 is 5.32 Å². The predicted octanol–water partition coefficient (Wildman–Crippen LogP) is 4.38. The van der Waals surface area contributed by atoms with E-state index in [9.17, 15) is 4.79 Å². The second-order valence-corrected chi connectivity index (χ2v) is 7.70. The molecule has 2 heterocycles. The summed E-state index contributed by atoms with van der Waals surface area (Å²) in [7, 11) is 0. The Labute approximate surface area is 151 Å². The Bertz CT molecular complexity index is 853. The van der Waals surface area contributed by atoms with E-state index >= 15 is 0 Å². The molecule has 1 saturated heterocycles. The maximum atomic E-state index is 12.2. The number of carbonyl (C=O) groups is 1. The van der Waals surface area contributed by atoms with E-state index in [0.29, 0.717) is 10.8 Å². The Kier molecular flexibility index (Phi) is 4.83. The number of amides is 1. The van der Waals surface area contributed by atoms with Crippen molar-refractivity contribution < 1.29 is 4.79 Å². The highest BCUT2D eigenvalue weighted by Crippen LogP contribution is 2.28. The number of pyridine rings is 1. The molecule has 2 aromatic rings. The molecule has 1 aliphatic carbocycles. The number of nitrogens with one attached hydrogen (secondary N) is 1. The number of carbonyl (C=O) groups excluding carboxylic acids is 1. The normalized spacial score (nSPS) is 22.0. The van der Waals surface area contributed by atoms with Gasteiger partial charge in [0.15, 0.2) is 5.17 Å². The lowest BCUT2D eigenvalue weighted by Gasteiger charge is -2.19. The minimum atomic E-state index is -0.0568. The molecular weight excluding hydrogens is 330 g/mol. The van der Waals surface area contributed by atoms with Crippen LogP contribution in [-0.2, 0) is 4.79 Å². The molecule has 1 saturated carbocycles. The second kappa shape index (κ2) is 7.40. The van der Waals surface area contributed by atoms with Gasteiger partial charge < -0.3 is 5.32 Å². The molecule has 5 heteroatoms. The first-order valence-corrected chi connectivity index (χ1v) is 9.70. The monoisotopic (exact) mass is 351 g/mol. The summed E-state index contributed by atoms with van der Waals surface area (Å²) in [5.74, 6) is 0.624. The Morgan fingerprint density at radius 2 is 2.12 bits per heavy atom. The van der Waals surface area contributed by atoms with E-state index in [-0.39, 0.29) is 5.91 Å². The van der Waals surface area contributed by atoms with Gasteiger partial charge in [-0.05, 0) is 60.4 Å². The van der Waals surface area contributed by atoms with Gasteiger partial charge in [0.2, 0.25) is 0 Å². The van der Waals surface area contributed by atoms with Crippen LogP contribution in [-0.4, -0.2) is 22.6 Å². The third-order valence-electron chi connectivity index (χ3n) is 4.79. The zero-order chi connectivity index (χ0) is 17.1. The van der Waals surface area contributed by atoms with E-state index in [1.165, 1.54) is 43.9 Å². The number of amidine groups is 1. The number of thioether (sulfide) groups is 1. The highest BCUT2D eigenvalue weighted by molar-refractivity contribution is 8.18. The first kappa shape index (κ1) is 16.3. The Morgan fingerprint density at radius 3 is 3.00 bits per heavy atom. The first-order valence-electron chi connectivity index (χ1n) is 8.88. The summed E-state index contributed by atoms with van der Waals surface area (Å²) in [6, 6.07) is 9.99. The van der Waals surface area contributed by atoms with Crippen molar-refractivity contribution in [3.63, 3.8) is 0 Å². The maximum Gasteiger partial charge on any atom is 0.264 e. The second-order valence-electron chi connectivity index (χ2n) is 6.67. The highest BCUT2D eigenvalue weighted by Gasteiger charge is 2.24. The van der Waals surface area contributed by atoms with Crippen molar-refractivity contribution in [3.05, 3.63) is 47.0 Å². The maximum absolute atomic E-state index is 12.2. The quantitative estimate of drug-likeness (QED) is 0.835. The van der Waals surface area contributed by atoms with E-state index in [1.807, 2.05) is 30.3 Å². The lowest BCUT2D eigenvalue weighted by atomic mass is 9.89. The van der Waals surface area contributed by atoms with Crippen LogP contribution in [0.2, 0.25) is 0 Å². The number of benzene rings is 1. The highest BCUT2D eigenvalue weighted by atomic mass is 32.2. The van der Waals surface area contributed by atoms with Gasteiger partial charge in [0.05, 0.1) is 10.4 Å². The van der Waals surface area contributed by atoms with E-state index < -0.39 is 0 Å². The molecule has 4 nitrogen and oxygen atoms in total. The van der Waals surface area contributed by atoms with Gasteiger partial charge in [-0.25, -0.2) is 0 Å². The fraction of sp³-hybridized carbons (Fsp3) is 0.350. The van der Waals surface area contributed by atoms with Gasteiger partial charge in [-0.1, -0.05) is 31.4 Å². The van der Waals surface area contributed by atoms with E-state index in [4.69, 9.17) is 0 Å². The van der Waals surface area contributed by atoms with Crippen molar-refractivity contribution in [2.24, 2.45) is 10.9 Å². The minimum Gasteiger partial charge on any atom is -0.301 e. The van der Waals surface area contributed by atoms with Crippen LogP contribution in [0, 0.1) is 5.92 Å². The smallest absolute Gasteiger partial charge is 0.264 e. The Hall–Kier alpha value is -2.14. The predicted molar refractivity (Wildman–Crippen MR) is 104 cm³/mol. The van der Waals surface area contributed by atoms with Crippen LogP contribution in [0.5, 0.6) is 0 Å². The molecule has 0 atom stereocenters. The number of fused-ring (bicyclic) bond motifs is 1. The van der Waals surface area contributed by atoms with Gasteiger partial charge in [0.1, 0.15) is 0 Å². The van der Waals surface area contributed by atoms with Crippen LogP contribution >= 0.6 is 11.8 Å². The van der Waals surface area contributed by atoms with E-state index in [1.54, 1.807) is 6.20 Å². The molecule has 0 spiro atoms. The van der Waals surface area contributed by atoms with Crippen molar-refractivity contribution in [1.82, 2.24) is 10.3 Å². The molecule has 1 N–H and O–H groups in total. The van der Waals surface area contributed by atoms with Gasteiger partial charge in [-0.3, -0.25) is 14.8 Å². The molecule has 128 valence electrons. The zero-order valence-corrected chi connectivity index (χ0v) is 14.9. The third kappa shape index (κ3) is 3.93. The lowest BCUT2D eigenvalue weighted by Crippen LogP contribution is -2.21. The van der Waals surface area contributed by atoms with E-state index in [0.717, 1.165) is 28.2 Å². The van der Waals surface area contributed by atoms with Gasteiger partial charge in [-0.15, -0.1) is 0 Å². The van der Waals surface area contributed by atoms with Crippen molar-refractivity contribution in [3.8, 4) is 0 Å². The molecule has 4 rings (SSSR count). The van der Waals surface area contributed by atoms with Crippen LogP contribution in [0.3, 0.4) is 0 Å². The van der Waals surface area contributed by atoms with Gasteiger partial charge in [-0.2, -0.15) is 0 Å². The van der Waals surface area contributed by atoms with Crippen LogP contribution in [0.1, 0.15) is 37.7 Å². The standard InChI is InChI=1S/C20H21N3OS/c24-19-18(12-15-8-9-17-16(11-15)7-4-10-21-17)25-20(23-19)22-13-14-5-2-1-3-6-14/h4,7-12,14H,1-3,5-6,13H2,(H,22,23,24). The SMILES string of the molecule is O=C1NC(=NCC2CCCCC2)SC1=Cc1ccc2ncccc2c1. The Balaban J connectivity index is 1.48. The van der Waals surface area contributed by atoms with Gasteiger partial charge in [0, 0.05) is 18.1 Å². The average Bonchev–Trinajstić information content (AvgIpc) is 3.00. The lowest BCUT2D eigenvalue weighted by molar-refractivity contribution is -0.115. The average molecular weight is 351 g/mol. The topological polar surface area (TPSA) is 54.4 Å². The summed E-state index contributed by atoms with van der Waals surface area (Å²) in [6.07, 6.45) is 10.2. The summed E-state index contributed by atoms with van der Waals surface area (Å²) in [5, 5.41) is 4.71. The zero-order valence-electron chi connectivity index (χ0n) is 14.1. The summed E-state index contributed by atoms with van der Waals surface area (Å²) in [6.45, 7) is 0.831. The van der Waals surface area contributed by atoms with Crippen molar-refractivity contribution in [2.45, 2.75) is 32.1 Å². The largest absolute Gasteiger partial charge is 0.301 e. The number of hydrogen-bond acceptors (Lipinski definition) is 4. The minimum absolute atomic E-state index is 0.0568. The fourth-order valence-corrected chi connectivity index (χ4v) is 4.25. The number of rotatable bonds is 3. The number of aromatic nitrogens is 1. The molecule has 1 aliphatic heterocycles. The number of nitrogens with zero attached hydrogens (tertiary/aromatic N) is 2. The van der Waals surface area contributed by atoms with Crippen LogP contribution in [0.4, 0.5) is 0 Å². The van der Waals surface area contributed by atoms with Crippen LogP contribution in [0.25, 0.3) is 17.0 Å². The summed E-state index contributed by atoms with van der Waals surface area (Å²) in [5.41, 5.74) is 1.97. The summed E-state index contributed by atoms with van der Waals surface area (Å²) < 4.78 is 0. The molecule has 2 aliphatic rings. The number of hydrogen-bond donors (Lipinski definition) is 1. The molecular formula is C20H21N3OS. The fourth-order valence-electron chi connectivity index (χ4n) is 3.42. The van der Waals surface area contributed by atoms with Gasteiger partial charge in [0.25, 0.3) is 5.91 Å². The van der Waals surface area contributed by atoms with Crippen LogP contribution in [0.15, 0.2) is 46.4 Å². The van der Waals surface area contributed by atoms with E-state index in [2.05, 4.69) is 21.4 Å². The molecule has 1 aromatic carbocycles. The van der Waals surface area contributed by atoms with Crippen molar-refractivity contribution in [2.75, 3.05) is 6.54 Å². The summed E-state index contributed by atoms with van der Waals surface area (Å²) >= 11 is 1.44. The molecule has 25 heavy (non-hydrogen) atoms. The van der Waals surface area contributed by atoms with Crippen molar-refractivity contribution >= 4 is 39.8 Å². The molecule has 1 amide bonds. The molecule has 1 aromatic heterocycles. The summed E-state index contributed by atoms with van der Waals surface area (Å²) in [4.78, 5) is 21.9. The third-order valence-corrected chi connectivity index (χ3v) is 5.74. The molecule has 0 bridgehead atoms. The Morgan fingerprint density at radius 1 is 1.24 bits per heavy atom. The van der Waals surface area contributed by atoms with Gasteiger partial charge >= 0.3 is 0 Å². The first-order chi connectivity index (χ1) is 12.3.